The molecule has 3 heterocycles. The Kier molecular flexibility index (Phi) is 5.31. The molecule has 26 heavy (non-hydrogen) atoms. The minimum Gasteiger partial charge on any atom is -0.347 e. The van der Waals surface area contributed by atoms with Crippen LogP contribution >= 0.6 is 11.3 Å². The summed E-state index contributed by atoms with van der Waals surface area (Å²) in [5.41, 5.74) is 0.513. The van der Waals surface area contributed by atoms with Gasteiger partial charge in [0.15, 0.2) is 0 Å². The zero-order valence-corrected chi connectivity index (χ0v) is 16.5. The van der Waals surface area contributed by atoms with Crippen LogP contribution in [0.2, 0.25) is 0 Å². The highest BCUT2D eigenvalue weighted by Gasteiger charge is 2.40. The molecule has 0 atom stereocenters. The van der Waals surface area contributed by atoms with Crippen LogP contribution in [0.4, 0.5) is 15.1 Å². The van der Waals surface area contributed by atoms with Crippen LogP contribution in [0.3, 0.4) is 0 Å². The molecule has 1 saturated carbocycles. The normalized spacial score (nSPS) is 23.7. The van der Waals surface area contributed by atoms with Gasteiger partial charge in [0.2, 0.25) is 10.3 Å². The lowest BCUT2D eigenvalue weighted by Gasteiger charge is -2.39. The second-order valence-corrected chi connectivity index (χ2v) is 9.03. The van der Waals surface area contributed by atoms with Crippen LogP contribution in [-0.2, 0) is 0 Å². The van der Waals surface area contributed by atoms with Gasteiger partial charge in [-0.05, 0) is 50.6 Å². The fraction of sp³-hybridized carbons (Fsp3) is 0.833. The maximum absolute atomic E-state index is 12.1. The van der Waals surface area contributed by atoms with E-state index < -0.39 is 0 Å². The summed E-state index contributed by atoms with van der Waals surface area (Å²) in [6.45, 7) is 8.01. The molecule has 0 unspecified atom stereocenters. The van der Waals surface area contributed by atoms with E-state index in [1.165, 1.54) is 63.1 Å². The Labute approximate surface area is 159 Å². The van der Waals surface area contributed by atoms with Gasteiger partial charge in [0.1, 0.15) is 0 Å². The van der Waals surface area contributed by atoms with Gasteiger partial charge in [-0.25, -0.2) is 4.79 Å². The SMILES string of the molecule is CCN1CCC2(CCN(c3nnc(NC(=O)NC4CCCC4)s3)CC2)C1. The number of urea groups is 1. The van der Waals surface area contributed by atoms with Gasteiger partial charge < -0.3 is 15.1 Å². The third-order valence-electron chi connectivity index (χ3n) is 6.38. The average molecular weight is 379 g/mol. The van der Waals surface area contributed by atoms with Gasteiger partial charge in [-0.3, -0.25) is 5.32 Å². The summed E-state index contributed by atoms with van der Waals surface area (Å²) >= 11 is 1.48. The summed E-state index contributed by atoms with van der Waals surface area (Å²) < 4.78 is 0. The maximum atomic E-state index is 12.1. The average Bonchev–Trinajstić information content (AvgIpc) is 3.38. The number of aromatic nitrogens is 2. The summed E-state index contributed by atoms with van der Waals surface area (Å²) in [6, 6.07) is 0.164. The number of likely N-dealkylation sites (tertiary alicyclic amines) is 1. The number of nitrogens with one attached hydrogen (secondary N) is 2. The van der Waals surface area contributed by atoms with Crippen LogP contribution in [0.25, 0.3) is 0 Å². The van der Waals surface area contributed by atoms with Crippen LogP contribution in [0, 0.1) is 5.41 Å². The highest BCUT2D eigenvalue weighted by Crippen LogP contribution is 2.41. The van der Waals surface area contributed by atoms with E-state index in [1.807, 2.05) is 0 Å². The Bertz CT molecular complexity index is 621. The van der Waals surface area contributed by atoms with Gasteiger partial charge in [-0.2, -0.15) is 0 Å². The highest BCUT2D eigenvalue weighted by molar-refractivity contribution is 7.19. The summed E-state index contributed by atoms with van der Waals surface area (Å²) in [6.07, 6.45) is 8.38. The van der Waals surface area contributed by atoms with Crippen molar-refractivity contribution in [3.05, 3.63) is 0 Å². The molecular formula is C18H30N6OS. The van der Waals surface area contributed by atoms with Gasteiger partial charge in [0.05, 0.1) is 0 Å². The Balaban J connectivity index is 1.28. The van der Waals surface area contributed by atoms with Crippen LogP contribution in [0.15, 0.2) is 0 Å². The first-order valence-electron chi connectivity index (χ1n) is 10.0. The number of carbonyl (C=O) groups excluding carboxylic acids is 1. The lowest BCUT2D eigenvalue weighted by molar-refractivity contribution is 0.212. The Hall–Kier alpha value is -1.41. The summed E-state index contributed by atoms with van der Waals surface area (Å²) in [5, 5.41) is 15.9. The lowest BCUT2D eigenvalue weighted by Crippen LogP contribution is -2.41. The standard InChI is InChI=1S/C18H30N6OS/c1-2-23-10-7-18(13-23)8-11-24(12-9-18)17-22-21-16(26-17)20-15(25)19-14-5-3-4-6-14/h14H,2-13H2,1H3,(H2,19,20,21,25). The molecule has 2 aliphatic heterocycles. The molecule has 0 bridgehead atoms. The molecule has 7 nitrogen and oxygen atoms in total. The first-order valence-corrected chi connectivity index (χ1v) is 10.9. The number of anilines is 2. The van der Waals surface area contributed by atoms with Crippen LogP contribution in [0.1, 0.15) is 51.9 Å². The summed E-state index contributed by atoms with van der Waals surface area (Å²) in [7, 11) is 0. The third kappa shape index (κ3) is 3.96. The molecule has 0 aromatic carbocycles. The molecule has 3 fully saturated rings. The van der Waals surface area contributed by atoms with Crippen LogP contribution in [-0.4, -0.2) is 59.9 Å². The maximum Gasteiger partial charge on any atom is 0.321 e. The quantitative estimate of drug-likeness (QED) is 0.843. The van der Waals surface area contributed by atoms with Crippen LogP contribution < -0.4 is 15.5 Å². The Morgan fingerprint density at radius 2 is 1.92 bits per heavy atom. The second-order valence-electron chi connectivity index (χ2n) is 8.08. The smallest absolute Gasteiger partial charge is 0.321 e. The van der Waals surface area contributed by atoms with E-state index >= 15 is 0 Å². The molecule has 1 spiro atoms. The van der Waals surface area contributed by atoms with Gasteiger partial charge in [0, 0.05) is 25.7 Å². The van der Waals surface area contributed by atoms with Crippen molar-refractivity contribution < 1.29 is 4.79 Å². The fourth-order valence-electron chi connectivity index (χ4n) is 4.66. The number of carbonyl (C=O) groups is 1. The number of rotatable bonds is 4. The molecule has 1 aromatic rings. The minimum atomic E-state index is -0.150. The molecule has 4 rings (SSSR count). The monoisotopic (exact) mass is 378 g/mol. The van der Waals surface area contributed by atoms with E-state index in [0.717, 1.165) is 31.1 Å². The van der Waals surface area contributed by atoms with Crippen molar-refractivity contribution in [1.29, 1.82) is 0 Å². The van der Waals surface area contributed by atoms with Crippen molar-refractivity contribution in [2.75, 3.05) is 42.9 Å². The van der Waals surface area contributed by atoms with Gasteiger partial charge in [0.25, 0.3) is 0 Å². The number of hydrogen-bond acceptors (Lipinski definition) is 6. The van der Waals surface area contributed by atoms with E-state index in [4.69, 9.17) is 0 Å². The van der Waals surface area contributed by atoms with Crippen molar-refractivity contribution >= 4 is 27.6 Å². The van der Waals surface area contributed by atoms with Gasteiger partial charge in [-0.15, -0.1) is 10.2 Å². The highest BCUT2D eigenvalue weighted by atomic mass is 32.1. The molecule has 1 aliphatic carbocycles. The third-order valence-corrected chi connectivity index (χ3v) is 7.28. The predicted octanol–water partition coefficient (Wildman–Crippen LogP) is 2.91. The van der Waals surface area contributed by atoms with E-state index in [9.17, 15) is 4.79 Å². The first kappa shape index (κ1) is 18.0. The number of amides is 2. The fourth-order valence-corrected chi connectivity index (χ4v) is 5.45. The van der Waals surface area contributed by atoms with E-state index in [2.05, 4.69) is 37.6 Å². The summed E-state index contributed by atoms with van der Waals surface area (Å²) in [5.74, 6) is 0. The van der Waals surface area contributed by atoms with Crippen LogP contribution in [0.5, 0.6) is 0 Å². The zero-order chi connectivity index (χ0) is 18.0. The van der Waals surface area contributed by atoms with Crippen molar-refractivity contribution in [3.63, 3.8) is 0 Å². The minimum absolute atomic E-state index is 0.150. The first-order chi connectivity index (χ1) is 12.7. The molecule has 2 N–H and O–H groups in total. The zero-order valence-electron chi connectivity index (χ0n) is 15.7. The molecule has 3 aliphatic rings. The van der Waals surface area contributed by atoms with Gasteiger partial charge >= 0.3 is 6.03 Å². The van der Waals surface area contributed by atoms with Crippen molar-refractivity contribution in [2.24, 2.45) is 5.41 Å². The summed E-state index contributed by atoms with van der Waals surface area (Å²) in [4.78, 5) is 17.0. The molecule has 2 saturated heterocycles. The topological polar surface area (TPSA) is 73.4 Å². The lowest BCUT2D eigenvalue weighted by atomic mass is 9.78. The largest absolute Gasteiger partial charge is 0.347 e. The molecular weight excluding hydrogens is 348 g/mol. The number of nitrogens with zero attached hydrogens (tertiary/aromatic N) is 4. The van der Waals surface area contributed by atoms with E-state index in [1.54, 1.807) is 0 Å². The molecule has 2 amide bonds. The molecule has 1 aromatic heterocycles. The predicted molar refractivity (Wildman–Crippen MR) is 105 cm³/mol. The Morgan fingerprint density at radius 1 is 1.19 bits per heavy atom. The number of hydrogen-bond donors (Lipinski definition) is 2. The molecule has 0 radical (unpaired) electrons. The number of piperidine rings is 1. The molecule has 8 heteroatoms. The van der Waals surface area contributed by atoms with Crippen molar-refractivity contribution in [3.8, 4) is 0 Å². The van der Waals surface area contributed by atoms with E-state index in [-0.39, 0.29) is 6.03 Å². The second kappa shape index (κ2) is 7.68. The Morgan fingerprint density at radius 3 is 2.62 bits per heavy atom. The molecule has 144 valence electrons. The van der Waals surface area contributed by atoms with Crippen molar-refractivity contribution in [1.82, 2.24) is 20.4 Å². The van der Waals surface area contributed by atoms with E-state index in [0.29, 0.717) is 16.6 Å². The van der Waals surface area contributed by atoms with Crippen molar-refractivity contribution in [2.45, 2.75) is 57.9 Å². The van der Waals surface area contributed by atoms with Gasteiger partial charge in [-0.1, -0.05) is 31.1 Å².